The minimum atomic E-state index is -4.23. The molecular formula is C6H6F3N. The van der Waals surface area contributed by atoms with Crippen molar-refractivity contribution in [1.82, 2.24) is 0 Å². The van der Waals surface area contributed by atoms with Crippen LogP contribution in [0.15, 0.2) is 23.9 Å². The molecule has 0 aromatic carbocycles. The molecule has 56 valence electrons. The Hall–Kier alpha value is -0.930. The Kier molecular flexibility index (Phi) is 1.46. The summed E-state index contributed by atoms with van der Waals surface area (Å²) in [6.45, 7) is 0. The highest BCUT2D eigenvalue weighted by Gasteiger charge is 2.40. The van der Waals surface area contributed by atoms with Crippen molar-refractivity contribution >= 4 is 0 Å². The topological polar surface area (TPSA) is 26.0 Å². The third kappa shape index (κ3) is 1.15. The molecule has 0 heterocycles. The van der Waals surface area contributed by atoms with E-state index in [2.05, 4.69) is 0 Å². The number of rotatable bonds is 0. The number of nitrogens with two attached hydrogens (primary N) is 1. The highest BCUT2D eigenvalue weighted by atomic mass is 19.4. The molecule has 1 unspecified atom stereocenters. The van der Waals surface area contributed by atoms with E-state index in [9.17, 15) is 13.2 Å². The first-order chi connectivity index (χ1) is 4.52. The van der Waals surface area contributed by atoms with Crippen molar-refractivity contribution in [2.75, 3.05) is 0 Å². The second-order valence-electron chi connectivity index (χ2n) is 2.07. The Bertz CT molecular complexity index is 190. The predicted octanol–water partition coefficient (Wildman–Crippen LogP) is 1.58. The number of allylic oxidation sites excluding steroid dienone is 3. The first-order valence-corrected chi connectivity index (χ1v) is 2.72. The van der Waals surface area contributed by atoms with Crippen molar-refractivity contribution < 1.29 is 13.2 Å². The largest absolute Gasteiger partial charge is 0.401 e. The fourth-order valence-corrected chi connectivity index (χ4v) is 0.791. The summed E-state index contributed by atoms with van der Waals surface area (Å²) >= 11 is 0. The summed E-state index contributed by atoms with van der Waals surface area (Å²) in [6, 6.07) is 0. The van der Waals surface area contributed by atoms with Crippen LogP contribution in [0, 0.1) is 5.92 Å². The maximum absolute atomic E-state index is 11.8. The number of alkyl halides is 3. The average molecular weight is 149 g/mol. The second-order valence-corrected chi connectivity index (χ2v) is 2.07. The molecule has 0 aromatic heterocycles. The van der Waals surface area contributed by atoms with E-state index >= 15 is 0 Å². The van der Waals surface area contributed by atoms with E-state index in [-0.39, 0.29) is 5.70 Å². The van der Waals surface area contributed by atoms with Crippen molar-refractivity contribution in [3.8, 4) is 0 Å². The lowest BCUT2D eigenvalue weighted by Crippen LogP contribution is -2.24. The van der Waals surface area contributed by atoms with Gasteiger partial charge in [-0.1, -0.05) is 12.2 Å². The molecule has 0 amide bonds. The molecule has 1 rings (SSSR count). The average Bonchev–Trinajstić information content (AvgIpc) is 2.11. The van der Waals surface area contributed by atoms with Crippen LogP contribution in [-0.4, -0.2) is 6.18 Å². The van der Waals surface area contributed by atoms with Gasteiger partial charge in [-0.2, -0.15) is 13.2 Å². The molecular weight excluding hydrogens is 143 g/mol. The second kappa shape index (κ2) is 2.04. The number of hydrogen-bond donors (Lipinski definition) is 1. The Morgan fingerprint density at radius 1 is 1.40 bits per heavy atom. The zero-order valence-electron chi connectivity index (χ0n) is 5.02. The zero-order chi connectivity index (χ0) is 7.78. The van der Waals surface area contributed by atoms with Crippen molar-refractivity contribution in [3.63, 3.8) is 0 Å². The van der Waals surface area contributed by atoms with Crippen LogP contribution in [0.3, 0.4) is 0 Å². The SMILES string of the molecule is NC1=CC=CC1C(F)(F)F. The normalized spacial score (nSPS) is 25.1. The minimum Gasteiger partial charge on any atom is -0.401 e. The summed E-state index contributed by atoms with van der Waals surface area (Å²) in [4.78, 5) is 0. The Morgan fingerprint density at radius 2 is 2.00 bits per heavy atom. The monoisotopic (exact) mass is 149 g/mol. The molecule has 4 heteroatoms. The third-order valence-electron chi connectivity index (χ3n) is 1.30. The van der Waals surface area contributed by atoms with Crippen LogP contribution in [0.1, 0.15) is 0 Å². The van der Waals surface area contributed by atoms with E-state index in [1.807, 2.05) is 0 Å². The van der Waals surface area contributed by atoms with Gasteiger partial charge in [0.2, 0.25) is 0 Å². The van der Waals surface area contributed by atoms with Gasteiger partial charge in [0.05, 0.1) is 0 Å². The maximum Gasteiger partial charge on any atom is 0.400 e. The first kappa shape index (κ1) is 7.18. The highest BCUT2D eigenvalue weighted by Crippen LogP contribution is 2.33. The Balaban J connectivity index is 2.76. The third-order valence-corrected chi connectivity index (χ3v) is 1.30. The van der Waals surface area contributed by atoms with Gasteiger partial charge in [0.15, 0.2) is 0 Å². The quantitative estimate of drug-likeness (QED) is 0.556. The van der Waals surface area contributed by atoms with Crippen molar-refractivity contribution in [1.29, 1.82) is 0 Å². The number of hydrogen-bond acceptors (Lipinski definition) is 1. The van der Waals surface area contributed by atoms with Crippen LogP contribution in [0.25, 0.3) is 0 Å². The minimum absolute atomic E-state index is 0.132. The molecule has 0 aromatic rings. The van der Waals surface area contributed by atoms with Crippen LogP contribution in [0.4, 0.5) is 13.2 Å². The zero-order valence-corrected chi connectivity index (χ0v) is 5.02. The van der Waals surface area contributed by atoms with Crippen LogP contribution >= 0.6 is 0 Å². The van der Waals surface area contributed by atoms with E-state index < -0.39 is 12.1 Å². The van der Waals surface area contributed by atoms with Gasteiger partial charge in [-0.3, -0.25) is 0 Å². The van der Waals surface area contributed by atoms with Gasteiger partial charge in [-0.15, -0.1) is 0 Å². The number of halogens is 3. The van der Waals surface area contributed by atoms with Crippen molar-refractivity contribution in [3.05, 3.63) is 23.9 Å². The fraction of sp³-hybridized carbons (Fsp3) is 0.333. The fourth-order valence-electron chi connectivity index (χ4n) is 0.791. The Labute approximate surface area is 56.0 Å². The Morgan fingerprint density at radius 3 is 2.20 bits per heavy atom. The summed E-state index contributed by atoms with van der Waals surface area (Å²) in [5, 5.41) is 0. The molecule has 1 aliphatic rings. The molecule has 1 atom stereocenters. The lowest BCUT2D eigenvalue weighted by atomic mass is 10.1. The molecule has 0 saturated carbocycles. The molecule has 0 aliphatic heterocycles. The van der Waals surface area contributed by atoms with E-state index in [1.54, 1.807) is 0 Å². The van der Waals surface area contributed by atoms with Crippen LogP contribution in [0.5, 0.6) is 0 Å². The molecule has 10 heavy (non-hydrogen) atoms. The van der Waals surface area contributed by atoms with Gasteiger partial charge >= 0.3 is 6.18 Å². The molecule has 0 fully saturated rings. The highest BCUT2D eigenvalue weighted by molar-refractivity contribution is 5.26. The summed E-state index contributed by atoms with van der Waals surface area (Å²) in [5.41, 5.74) is 4.91. The van der Waals surface area contributed by atoms with E-state index in [4.69, 9.17) is 5.73 Å². The predicted molar refractivity (Wildman–Crippen MR) is 31.0 cm³/mol. The maximum atomic E-state index is 11.8. The van der Waals surface area contributed by atoms with Crippen LogP contribution in [0.2, 0.25) is 0 Å². The van der Waals surface area contributed by atoms with Gasteiger partial charge in [-0.25, -0.2) is 0 Å². The summed E-state index contributed by atoms with van der Waals surface area (Å²) in [6.07, 6.45) is -0.617. The molecule has 1 nitrogen and oxygen atoms in total. The summed E-state index contributed by atoms with van der Waals surface area (Å²) in [5.74, 6) is -1.56. The smallest absolute Gasteiger partial charge is 0.400 e. The van der Waals surface area contributed by atoms with Gasteiger partial charge < -0.3 is 5.73 Å². The lowest BCUT2D eigenvalue weighted by Gasteiger charge is -2.13. The first-order valence-electron chi connectivity index (χ1n) is 2.72. The van der Waals surface area contributed by atoms with Crippen LogP contribution < -0.4 is 5.73 Å². The van der Waals surface area contributed by atoms with E-state index in [0.29, 0.717) is 0 Å². The van der Waals surface area contributed by atoms with Gasteiger partial charge in [0.1, 0.15) is 5.92 Å². The molecule has 1 aliphatic carbocycles. The molecule has 0 radical (unpaired) electrons. The van der Waals surface area contributed by atoms with E-state index in [1.165, 1.54) is 12.2 Å². The standard InChI is InChI=1S/C6H6F3N/c7-6(8,9)4-2-1-3-5(4)10/h1-4H,10H2. The summed E-state index contributed by atoms with van der Waals surface area (Å²) < 4.78 is 35.5. The van der Waals surface area contributed by atoms with Gasteiger partial charge in [0.25, 0.3) is 0 Å². The van der Waals surface area contributed by atoms with E-state index in [0.717, 1.165) is 6.08 Å². The lowest BCUT2D eigenvalue weighted by molar-refractivity contribution is -0.151. The molecule has 0 bridgehead atoms. The van der Waals surface area contributed by atoms with Gasteiger partial charge in [-0.05, 0) is 6.08 Å². The van der Waals surface area contributed by atoms with Gasteiger partial charge in [0, 0.05) is 5.70 Å². The molecule has 0 spiro atoms. The summed E-state index contributed by atoms with van der Waals surface area (Å²) in [7, 11) is 0. The van der Waals surface area contributed by atoms with Crippen molar-refractivity contribution in [2.45, 2.75) is 6.18 Å². The van der Waals surface area contributed by atoms with Crippen molar-refractivity contribution in [2.24, 2.45) is 11.7 Å². The molecule has 0 saturated heterocycles. The molecule has 2 N–H and O–H groups in total. The van der Waals surface area contributed by atoms with Crippen LogP contribution in [-0.2, 0) is 0 Å².